The number of aryl methyl sites for hydroxylation is 1. The van der Waals surface area contributed by atoms with Crippen molar-refractivity contribution in [2.75, 3.05) is 11.9 Å². The van der Waals surface area contributed by atoms with Crippen LogP contribution in [0.15, 0.2) is 72.8 Å². The molecular formula is C25H22F3N3O4. The number of rotatable bonds is 8. The molecular weight excluding hydrogens is 463 g/mol. The van der Waals surface area contributed by atoms with Crippen molar-refractivity contribution in [2.45, 2.75) is 26.1 Å². The van der Waals surface area contributed by atoms with Gasteiger partial charge in [-0.25, -0.2) is 0 Å². The summed E-state index contributed by atoms with van der Waals surface area (Å²) in [5.74, 6) is -0.982. The predicted octanol–water partition coefficient (Wildman–Crippen LogP) is 5.59. The van der Waals surface area contributed by atoms with Crippen LogP contribution >= 0.6 is 0 Å². The van der Waals surface area contributed by atoms with Crippen molar-refractivity contribution < 1.29 is 27.7 Å². The fourth-order valence-corrected chi connectivity index (χ4v) is 3.38. The second-order valence-electron chi connectivity index (χ2n) is 7.84. The molecule has 2 amide bonds. The van der Waals surface area contributed by atoms with Crippen molar-refractivity contribution in [3.8, 4) is 0 Å². The van der Waals surface area contributed by atoms with Crippen molar-refractivity contribution in [3.05, 3.63) is 105 Å². The smallest absolute Gasteiger partial charge is 0.334 e. The number of nitrogens with zero attached hydrogens (tertiary/aromatic N) is 2. The average molecular weight is 485 g/mol. The molecule has 3 aromatic rings. The number of carbonyl (C=O) groups excluding carboxylic acids is 2. The molecule has 0 bridgehead atoms. The number of hydrogen-bond donors (Lipinski definition) is 1. The third kappa shape index (κ3) is 6.89. The Labute approximate surface area is 199 Å². The molecule has 0 fully saturated rings. The molecule has 0 aliphatic carbocycles. The van der Waals surface area contributed by atoms with Crippen molar-refractivity contribution in [2.24, 2.45) is 0 Å². The van der Waals surface area contributed by atoms with E-state index in [1.165, 1.54) is 23.1 Å². The molecule has 1 N–H and O–H groups in total. The van der Waals surface area contributed by atoms with E-state index in [0.717, 1.165) is 29.8 Å². The molecule has 3 aromatic carbocycles. The molecule has 7 nitrogen and oxygen atoms in total. The summed E-state index contributed by atoms with van der Waals surface area (Å²) in [5.41, 5.74) is 0.500. The van der Waals surface area contributed by atoms with Crippen molar-refractivity contribution in [1.82, 2.24) is 4.90 Å². The molecule has 0 atom stereocenters. The van der Waals surface area contributed by atoms with E-state index < -0.39 is 28.5 Å². The van der Waals surface area contributed by atoms with Crippen LogP contribution in [0.2, 0.25) is 0 Å². The molecule has 0 unspecified atom stereocenters. The topological polar surface area (TPSA) is 92.6 Å². The first-order chi connectivity index (χ1) is 16.5. The lowest BCUT2D eigenvalue weighted by Crippen LogP contribution is -2.33. The summed E-state index contributed by atoms with van der Waals surface area (Å²) in [7, 11) is 0. The Morgan fingerprint density at radius 3 is 2.26 bits per heavy atom. The minimum atomic E-state index is -4.48. The van der Waals surface area contributed by atoms with Gasteiger partial charge in [-0.1, -0.05) is 36.4 Å². The summed E-state index contributed by atoms with van der Waals surface area (Å²) in [6.07, 6.45) is -4.61. The van der Waals surface area contributed by atoms with E-state index in [4.69, 9.17) is 0 Å². The maximum absolute atomic E-state index is 13.2. The molecule has 0 aromatic heterocycles. The minimum absolute atomic E-state index is 0.0120. The van der Waals surface area contributed by atoms with E-state index in [0.29, 0.717) is 5.56 Å². The molecule has 0 radical (unpaired) electrons. The van der Waals surface area contributed by atoms with Crippen LogP contribution < -0.4 is 5.32 Å². The molecule has 0 aliphatic rings. The van der Waals surface area contributed by atoms with Crippen LogP contribution in [0.5, 0.6) is 0 Å². The van der Waals surface area contributed by atoms with Gasteiger partial charge < -0.3 is 10.2 Å². The highest BCUT2D eigenvalue weighted by atomic mass is 19.4. The Kier molecular flexibility index (Phi) is 7.85. The van der Waals surface area contributed by atoms with Gasteiger partial charge in [0.2, 0.25) is 5.91 Å². The zero-order chi connectivity index (χ0) is 25.6. The third-order valence-corrected chi connectivity index (χ3v) is 5.26. The van der Waals surface area contributed by atoms with Gasteiger partial charge in [0, 0.05) is 42.4 Å². The highest BCUT2D eigenvalue weighted by Gasteiger charge is 2.30. The summed E-state index contributed by atoms with van der Waals surface area (Å²) < 4.78 is 38.1. The number of alkyl halides is 3. The Bertz CT molecular complexity index is 1210. The van der Waals surface area contributed by atoms with E-state index >= 15 is 0 Å². The Hall–Kier alpha value is -4.21. The molecule has 0 aliphatic heterocycles. The number of anilines is 1. The van der Waals surface area contributed by atoms with E-state index in [1.54, 1.807) is 31.2 Å². The quantitative estimate of drug-likeness (QED) is 0.332. The number of benzene rings is 3. The van der Waals surface area contributed by atoms with Crippen LogP contribution in [-0.2, 0) is 17.5 Å². The Morgan fingerprint density at radius 1 is 1.00 bits per heavy atom. The second-order valence-corrected chi connectivity index (χ2v) is 7.84. The molecule has 0 spiro atoms. The number of hydrogen-bond acceptors (Lipinski definition) is 4. The molecule has 3 rings (SSSR count). The number of halogens is 3. The van der Waals surface area contributed by atoms with E-state index in [2.05, 4.69) is 5.32 Å². The van der Waals surface area contributed by atoms with Crippen LogP contribution in [0.25, 0.3) is 0 Å². The normalized spacial score (nSPS) is 11.1. The van der Waals surface area contributed by atoms with Gasteiger partial charge in [-0.15, -0.1) is 0 Å². The minimum Gasteiger partial charge on any atom is -0.334 e. The lowest BCUT2D eigenvalue weighted by molar-refractivity contribution is -0.385. The standard InChI is InChI=1S/C25H22F3N3O4/c1-17-7-8-19(15-22(17)31(34)35)24(33)30(16-18-5-3-2-4-6-18)14-13-23(32)29-21-11-9-20(10-12-21)25(26,27)28/h2-12,15H,13-14,16H2,1H3,(H,29,32). The summed E-state index contributed by atoms with van der Waals surface area (Å²) in [6.45, 7) is 1.72. The molecule has 0 saturated carbocycles. The van der Waals surface area contributed by atoms with Crippen LogP contribution in [0.1, 0.15) is 33.5 Å². The lowest BCUT2D eigenvalue weighted by Gasteiger charge is -2.23. The van der Waals surface area contributed by atoms with Gasteiger partial charge in [-0.2, -0.15) is 13.2 Å². The van der Waals surface area contributed by atoms with Crippen LogP contribution in [0.3, 0.4) is 0 Å². The van der Waals surface area contributed by atoms with Crippen molar-refractivity contribution in [3.63, 3.8) is 0 Å². The van der Waals surface area contributed by atoms with Gasteiger partial charge in [0.05, 0.1) is 10.5 Å². The molecule has 0 saturated heterocycles. The first-order valence-corrected chi connectivity index (χ1v) is 10.6. The Balaban J connectivity index is 1.74. The maximum atomic E-state index is 13.2. The molecule has 35 heavy (non-hydrogen) atoms. The van der Waals surface area contributed by atoms with Gasteiger partial charge in [-0.05, 0) is 42.8 Å². The van der Waals surface area contributed by atoms with Gasteiger partial charge in [0.1, 0.15) is 0 Å². The maximum Gasteiger partial charge on any atom is 0.416 e. The Morgan fingerprint density at radius 2 is 1.66 bits per heavy atom. The average Bonchev–Trinajstić information content (AvgIpc) is 2.82. The van der Waals surface area contributed by atoms with Gasteiger partial charge in [0.25, 0.3) is 11.6 Å². The summed E-state index contributed by atoms with van der Waals surface area (Å²) >= 11 is 0. The highest BCUT2D eigenvalue weighted by Crippen LogP contribution is 2.29. The van der Waals surface area contributed by atoms with Gasteiger partial charge in [0.15, 0.2) is 0 Å². The van der Waals surface area contributed by atoms with Crippen LogP contribution in [0.4, 0.5) is 24.5 Å². The monoisotopic (exact) mass is 485 g/mol. The fourth-order valence-electron chi connectivity index (χ4n) is 3.38. The second kappa shape index (κ2) is 10.8. The summed E-state index contributed by atoms with van der Waals surface area (Å²) in [6, 6.07) is 17.2. The van der Waals surface area contributed by atoms with Crippen molar-refractivity contribution in [1.29, 1.82) is 0 Å². The number of nitro benzene ring substituents is 1. The fraction of sp³-hybridized carbons (Fsp3) is 0.200. The first kappa shape index (κ1) is 25.4. The molecule has 10 heteroatoms. The van der Waals surface area contributed by atoms with E-state index in [9.17, 15) is 32.9 Å². The molecule has 182 valence electrons. The number of carbonyl (C=O) groups is 2. The SMILES string of the molecule is Cc1ccc(C(=O)N(CCC(=O)Nc2ccc(C(F)(F)F)cc2)Cc2ccccc2)cc1[N+](=O)[O-]. The van der Waals surface area contributed by atoms with E-state index in [-0.39, 0.29) is 36.4 Å². The van der Waals surface area contributed by atoms with Crippen LogP contribution in [-0.4, -0.2) is 28.2 Å². The number of nitrogens with one attached hydrogen (secondary N) is 1. The van der Waals surface area contributed by atoms with Crippen molar-refractivity contribution >= 4 is 23.2 Å². The first-order valence-electron chi connectivity index (χ1n) is 10.6. The lowest BCUT2D eigenvalue weighted by atomic mass is 10.1. The van der Waals surface area contributed by atoms with Crippen LogP contribution in [0, 0.1) is 17.0 Å². The highest BCUT2D eigenvalue weighted by molar-refractivity contribution is 5.96. The molecule has 0 heterocycles. The van der Waals surface area contributed by atoms with E-state index in [1.807, 2.05) is 6.07 Å². The largest absolute Gasteiger partial charge is 0.416 e. The summed E-state index contributed by atoms with van der Waals surface area (Å²) in [5, 5.41) is 13.8. The number of amides is 2. The zero-order valence-corrected chi connectivity index (χ0v) is 18.7. The van der Waals surface area contributed by atoms with Gasteiger partial charge >= 0.3 is 6.18 Å². The third-order valence-electron chi connectivity index (χ3n) is 5.26. The summed E-state index contributed by atoms with van der Waals surface area (Å²) in [4.78, 5) is 37.8. The predicted molar refractivity (Wildman–Crippen MR) is 124 cm³/mol. The number of nitro groups is 1. The van der Waals surface area contributed by atoms with Gasteiger partial charge in [-0.3, -0.25) is 19.7 Å². The zero-order valence-electron chi connectivity index (χ0n) is 18.7.